The van der Waals surface area contributed by atoms with Gasteiger partial charge in [0.2, 0.25) is 5.91 Å². The van der Waals surface area contributed by atoms with Gasteiger partial charge in [0.05, 0.1) is 39.3 Å². The lowest BCUT2D eigenvalue weighted by Gasteiger charge is -2.40. The maximum absolute atomic E-state index is 13.7. The largest absolute Gasteiger partial charge is 0.302 e. The lowest BCUT2D eigenvalue weighted by Crippen LogP contribution is -2.48. The van der Waals surface area contributed by atoms with Gasteiger partial charge >= 0.3 is 0 Å². The van der Waals surface area contributed by atoms with Crippen LogP contribution in [-0.4, -0.2) is 32.5 Å². The van der Waals surface area contributed by atoms with Crippen molar-refractivity contribution in [3.63, 3.8) is 0 Å². The fourth-order valence-electron chi connectivity index (χ4n) is 4.49. The molecule has 35 heavy (non-hydrogen) atoms. The molecule has 4 aromatic rings. The zero-order chi connectivity index (χ0) is 23.8. The molecule has 0 fully saturated rings. The number of aromatic nitrogens is 2. The Bertz CT molecular complexity index is 1550. The van der Waals surface area contributed by atoms with Gasteiger partial charge in [-0.1, -0.05) is 78.5 Å². The van der Waals surface area contributed by atoms with E-state index < -0.39 is 0 Å². The molecular formula is C28H21N3O2S2. The van der Waals surface area contributed by atoms with Crippen LogP contribution in [0.1, 0.15) is 0 Å². The Morgan fingerprint density at radius 1 is 0.914 bits per heavy atom. The fourth-order valence-corrected chi connectivity index (χ4v) is 6.62. The van der Waals surface area contributed by atoms with Gasteiger partial charge in [0.1, 0.15) is 0 Å². The smallest absolute Gasteiger partial charge is 0.266 e. The van der Waals surface area contributed by atoms with Crippen molar-refractivity contribution >= 4 is 46.0 Å². The van der Waals surface area contributed by atoms with Crippen molar-refractivity contribution in [1.82, 2.24) is 9.55 Å². The van der Waals surface area contributed by atoms with E-state index in [0.29, 0.717) is 16.1 Å². The molecule has 0 saturated heterocycles. The van der Waals surface area contributed by atoms with Crippen molar-refractivity contribution in [2.24, 2.45) is 0 Å². The zero-order valence-electron chi connectivity index (χ0n) is 18.7. The maximum atomic E-state index is 13.7. The van der Waals surface area contributed by atoms with Gasteiger partial charge < -0.3 is 4.90 Å². The highest BCUT2D eigenvalue weighted by molar-refractivity contribution is 8.00. The molecule has 3 aromatic carbocycles. The first-order valence-electron chi connectivity index (χ1n) is 11.3. The SMILES string of the molecule is O=C(CSc1nc2ccccc2c(=O)n1-c1ccccc1)N1c2ccccc2S[C@@H]2C=CC=C[C@H]21. The third-order valence-corrected chi connectivity index (χ3v) is 8.33. The van der Waals surface area contributed by atoms with Crippen LogP contribution < -0.4 is 10.5 Å². The number of hydrogen-bond acceptors (Lipinski definition) is 5. The number of carbonyl (C=O) groups excluding carboxylic acids is 1. The van der Waals surface area contributed by atoms with Crippen molar-refractivity contribution in [1.29, 1.82) is 0 Å². The minimum Gasteiger partial charge on any atom is -0.302 e. The van der Waals surface area contributed by atoms with Crippen molar-refractivity contribution < 1.29 is 4.79 Å². The Morgan fingerprint density at radius 2 is 1.66 bits per heavy atom. The summed E-state index contributed by atoms with van der Waals surface area (Å²) in [6.07, 6.45) is 8.28. The molecule has 1 aliphatic carbocycles. The number of hydrogen-bond donors (Lipinski definition) is 0. The molecule has 6 rings (SSSR count). The summed E-state index contributed by atoms with van der Waals surface area (Å²) in [4.78, 5) is 34.9. The van der Waals surface area contributed by atoms with E-state index >= 15 is 0 Å². The molecule has 0 radical (unpaired) electrons. The summed E-state index contributed by atoms with van der Waals surface area (Å²) in [5.41, 5.74) is 2.14. The summed E-state index contributed by atoms with van der Waals surface area (Å²) in [6.45, 7) is 0. The second-order valence-corrected chi connectivity index (χ2v) is 10.4. The number of nitrogens with zero attached hydrogens (tertiary/aromatic N) is 3. The quantitative estimate of drug-likeness (QED) is 0.277. The number of fused-ring (bicyclic) bond motifs is 3. The summed E-state index contributed by atoms with van der Waals surface area (Å²) in [7, 11) is 0. The van der Waals surface area contributed by atoms with E-state index in [1.807, 2.05) is 83.8 Å². The van der Waals surface area contributed by atoms with Crippen LogP contribution >= 0.6 is 23.5 Å². The van der Waals surface area contributed by atoms with Gasteiger partial charge in [0.15, 0.2) is 5.16 Å². The summed E-state index contributed by atoms with van der Waals surface area (Å²) < 4.78 is 1.60. The molecule has 0 N–H and O–H groups in total. The van der Waals surface area contributed by atoms with Crippen molar-refractivity contribution in [2.45, 2.75) is 21.3 Å². The first-order valence-corrected chi connectivity index (χ1v) is 13.2. The Hall–Kier alpha value is -3.55. The minimum absolute atomic E-state index is 0.0141. The number of rotatable bonds is 4. The van der Waals surface area contributed by atoms with Gasteiger partial charge in [-0.2, -0.15) is 0 Å². The van der Waals surface area contributed by atoms with Crippen LogP contribution in [0.3, 0.4) is 0 Å². The third kappa shape index (κ3) is 4.00. The molecule has 0 saturated carbocycles. The number of benzene rings is 3. The van der Waals surface area contributed by atoms with E-state index in [1.165, 1.54) is 11.8 Å². The van der Waals surface area contributed by atoms with E-state index in [4.69, 9.17) is 4.98 Å². The Kier molecular flexibility index (Phi) is 5.80. The summed E-state index contributed by atoms with van der Waals surface area (Å²) >= 11 is 3.08. The van der Waals surface area contributed by atoms with Crippen LogP contribution in [0.15, 0.2) is 118 Å². The summed E-state index contributed by atoms with van der Waals surface area (Å²) in [5.74, 6) is 0.150. The zero-order valence-corrected chi connectivity index (χ0v) is 20.3. The maximum Gasteiger partial charge on any atom is 0.266 e. The van der Waals surface area contributed by atoms with Crippen molar-refractivity contribution in [3.8, 4) is 5.69 Å². The fraction of sp³-hybridized carbons (Fsp3) is 0.107. The predicted molar refractivity (Wildman–Crippen MR) is 144 cm³/mol. The second-order valence-electron chi connectivity index (χ2n) is 8.25. The molecule has 5 nitrogen and oxygen atoms in total. The highest BCUT2D eigenvalue weighted by atomic mass is 32.2. The highest BCUT2D eigenvalue weighted by Gasteiger charge is 2.36. The van der Waals surface area contributed by atoms with E-state index in [-0.39, 0.29) is 28.5 Å². The minimum atomic E-state index is -0.142. The molecule has 7 heteroatoms. The molecule has 2 aliphatic rings. The van der Waals surface area contributed by atoms with Crippen LogP contribution in [0.2, 0.25) is 0 Å². The lowest BCUT2D eigenvalue weighted by molar-refractivity contribution is -0.116. The van der Waals surface area contributed by atoms with Crippen LogP contribution in [0, 0.1) is 0 Å². The van der Waals surface area contributed by atoms with E-state index in [0.717, 1.165) is 16.3 Å². The Balaban J connectivity index is 1.37. The Morgan fingerprint density at radius 3 is 2.54 bits per heavy atom. The number of para-hydroxylation sites is 3. The van der Waals surface area contributed by atoms with Gasteiger partial charge in [-0.05, 0) is 36.4 Å². The molecule has 1 aromatic heterocycles. The molecule has 2 atom stereocenters. The third-order valence-electron chi connectivity index (χ3n) is 6.10. The lowest BCUT2D eigenvalue weighted by atomic mass is 10.0. The van der Waals surface area contributed by atoms with E-state index in [2.05, 4.69) is 18.2 Å². The normalized spacial score (nSPS) is 18.3. The van der Waals surface area contributed by atoms with Crippen LogP contribution in [-0.2, 0) is 4.79 Å². The van der Waals surface area contributed by atoms with E-state index in [1.54, 1.807) is 22.4 Å². The molecule has 0 bridgehead atoms. The van der Waals surface area contributed by atoms with Crippen LogP contribution in [0.25, 0.3) is 16.6 Å². The van der Waals surface area contributed by atoms with Gasteiger partial charge in [-0.15, -0.1) is 11.8 Å². The van der Waals surface area contributed by atoms with Gasteiger partial charge in [-0.3, -0.25) is 14.2 Å². The number of amides is 1. The number of carbonyl (C=O) groups is 1. The molecular weight excluding hydrogens is 474 g/mol. The van der Waals surface area contributed by atoms with Gasteiger partial charge in [-0.25, -0.2) is 4.98 Å². The molecule has 0 unspecified atom stereocenters. The number of thioether (sulfide) groups is 2. The first kappa shape index (κ1) is 21.9. The van der Waals surface area contributed by atoms with Crippen molar-refractivity contribution in [2.75, 3.05) is 10.7 Å². The molecule has 1 aliphatic heterocycles. The molecule has 1 amide bonds. The second kappa shape index (κ2) is 9.24. The Labute approximate surface area is 211 Å². The van der Waals surface area contributed by atoms with Gasteiger partial charge in [0, 0.05) is 4.90 Å². The highest BCUT2D eigenvalue weighted by Crippen LogP contribution is 2.43. The predicted octanol–water partition coefficient (Wildman–Crippen LogP) is 5.48. The van der Waals surface area contributed by atoms with Crippen molar-refractivity contribution in [3.05, 3.63) is 114 Å². The standard InChI is InChI=1S/C28H21N3O2S2/c32-26(31-22-14-6-8-16-24(22)35-25-17-9-7-15-23(25)31)18-34-28-29-21-13-5-4-12-20(21)27(33)30(28)19-10-2-1-3-11-19/h1-17,22,24H,18H2/t22-,24-/m1/s1. The first-order chi connectivity index (χ1) is 17.2. The topological polar surface area (TPSA) is 55.2 Å². The average molecular weight is 496 g/mol. The van der Waals surface area contributed by atoms with E-state index in [9.17, 15) is 9.59 Å². The van der Waals surface area contributed by atoms with Crippen LogP contribution in [0.5, 0.6) is 0 Å². The van der Waals surface area contributed by atoms with Crippen LogP contribution in [0.4, 0.5) is 5.69 Å². The average Bonchev–Trinajstić information content (AvgIpc) is 2.91. The summed E-state index contributed by atoms with van der Waals surface area (Å²) in [5, 5.41) is 1.23. The number of anilines is 1. The molecule has 2 heterocycles. The monoisotopic (exact) mass is 495 g/mol. The molecule has 172 valence electrons. The molecule has 0 spiro atoms. The number of allylic oxidation sites excluding steroid dienone is 2. The summed E-state index contributed by atoms with van der Waals surface area (Å²) in [6, 6.07) is 24.8. The van der Waals surface area contributed by atoms with Gasteiger partial charge in [0.25, 0.3) is 5.56 Å².